The molecule has 2 aromatic carbocycles. The van der Waals surface area contributed by atoms with Gasteiger partial charge in [0, 0.05) is 11.5 Å². The van der Waals surface area contributed by atoms with Gasteiger partial charge >= 0.3 is 0 Å². The summed E-state index contributed by atoms with van der Waals surface area (Å²) in [4.78, 5) is 0. The Morgan fingerprint density at radius 1 is 0.765 bits per heavy atom. The number of rotatable bonds is 11. The van der Waals surface area contributed by atoms with Crippen molar-refractivity contribution in [2.75, 3.05) is 0 Å². The SMILES string of the molecule is CCCCCCCCC[Si](Oc1c(F)c(F)c2[c]c(F)c(F)c(F)c2c1F)(C(C)C)C(C)(C)C. The van der Waals surface area contributed by atoms with E-state index < -0.39 is 64.8 Å². The molecule has 1 nitrogen and oxygen atoms in total. The molecule has 0 fully saturated rings. The van der Waals surface area contributed by atoms with Crippen LogP contribution in [0.5, 0.6) is 5.75 Å². The highest BCUT2D eigenvalue weighted by Crippen LogP contribution is 2.49. The van der Waals surface area contributed by atoms with Gasteiger partial charge in [0.05, 0.1) is 5.39 Å². The summed E-state index contributed by atoms with van der Waals surface area (Å²) in [5, 5.41) is -2.84. The van der Waals surface area contributed by atoms with E-state index in [1.54, 1.807) is 6.07 Å². The number of fused-ring (bicyclic) bond motifs is 1. The second-order valence-corrected chi connectivity index (χ2v) is 15.5. The molecule has 0 aromatic heterocycles. The van der Waals surface area contributed by atoms with Crippen LogP contribution in [-0.4, -0.2) is 8.32 Å². The van der Waals surface area contributed by atoms with E-state index in [-0.39, 0.29) is 5.54 Å². The molecule has 0 aliphatic carbocycles. The van der Waals surface area contributed by atoms with Crippen LogP contribution in [0.25, 0.3) is 10.8 Å². The third kappa shape index (κ3) is 5.57. The summed E-state index contributed by atoms with van der Waals surface area (Å²) in [6.07, 6.45) is 7.33. The molecule has 0 amide bonds. The number of benzene rings is 2. The zero-order valence-corrected chi connectivity index (χ0v) is 21.9. The molecule has 191 valence electrons. The monoisotopic (exact) mass is 505 g/mol. The lowest BCUT2D eigenvalue weighted by atomic mass is 10.1. The minimum absolute atomic E-state index is 0.119. The van der Waals surface area contributed by atoms with Crippen molar-refractivity contribution in [3.63, 3.8) is 0 Å². The summed E-state index contributed by atoms with van der Waals surface area (Å²) in [5.74, 6) is -11.9. The van der Waals surface area contributed by atoms with E-state index in [0.717, 1.165) is 38.5 Å². The fourth-order valence-corrected chi connectivity index (χ4v) is 9.82. The van der Waals surface area contributed by atoms with E-state index >= 15 is 8.78 Å². The first-order chi connectivity index (χ1) is 15.8. The molecule has 0 saturated carbocycles. The second kappa shape index (κ2) is 11.4. The predicted molar refractivity (Wildman–Crippen MR) is 127 cm³/mol. The first-order valence-electron chi connectivity index (χ1n) is 12.0. The van der Waals surface area contributed by atoms with Crippen LogP contribution in [0, 0.1) is 41.0 Å². The van der Waals surface area contributed by atoms with Crippen LogP contribution >= 0.6 is 0 Å². The van der Waals surface area contributed by atoms with Crippen LogP contribution in [0.2, 0.25) is 16.6 Å². The van der Waals surface area contributed by atoms with E-state index in [9.17, 15) is 17.6 Å². The number of hydrogen-bond acceptors (Lipinski definition) is 1. The lowest BCUT2D eigenvalue weighted by Crippen LogP contribution is -2.53. The highest BCUT2D eigenvalue weighted by Gasteiger charge is 2.51. The molecule has 2 rings (SSSR count). The Morgan fingerprint density at radius 2 is 1.32 bits per heavy atom. The van der Waals surface area contributed by atoms with Crippen molar-refractivity contribution in [3.05, 3.63) is 41.0 Å². The average Bonchev–Trinajstić information content (AvgIpc) is 2.75. The maximum Gasteiger partial charge on any atom is 0.259 e. The van der Waals surface area contributed by atoms with E-state index in [1.807, 2.05) is 34.6 Å². The largest absolute Gasteiger partial charge is 0.539 e. The zero-order chi connectivity index (χ0) is 25.8. The van der Waals surface area contributed by atoms with Crippen molar-refractivity contribution >= 4 is 19.1 Å². The first kappa shape index (κ1) is 28.5. The Bertz CT molecular complexity index is 1000. The molecule has 1 radical (unpaired) electrons. The zero-order valence-electron chi connectivity index (χ0n) is 20.9. The van der Waals surface area contributed by atoms with Gasteiger partial charge in [0.1, 0.15) is 0 Å². The predicted octanol–water partition coefficient (Wildman–Crippen LogP) is 9.76. The van der Waals surface area contributed by atoms with Crippen LogP contribution in [0.15, 0.2) is 0 Å². The van der Waals surface area contributed by atoms with Crippen LogP contribution in [0.3, 0.4) is 0 Å². The van der Waals surface area contributed by atoms with E-state index in [0.29, 0.717) is 6.04 Å². The Balaban J connectivity index is 2.51. The fraction of sp³-hybridized carbons (Fsp3) is 0.615. The number of unbranched alkanes of at least 4 members (excludes halogenated alkanes) is 6. The van der Waals surface area contributed by atoms with Crippen molar-refractivity contribution in [1.82, 2.24) is 0 Å². The van der Waals surface area contributed by atoms with Gasteiger partial charge in [0.15, 0.2) is 34.8 Å². The van der Waals surface area contributed by atoms with Gasteiger partial charge in [-0.05, 0) is 16.6 Å². The molecule has 0 heterocycles. The summed E-state index contributed by atoms with van der Waals surface area (Å²) in [6.45, 7) is 11.7. The molecule has 0 aliphatic heterocycles. The molecule has 8 heteroatoms. The number of hydrogen-bond donors (Lipinski definition) is 0. The molecule has 0 N–H and O–H groups in total. The smallest absolute Gasteiger partial charge is 0.259 e. The molecule has 1 atom stereocenters. The third-order valence-electron chi connectivity index (χ3n) is 6.76. The summed E-state index contributed by atoms with van der Waals surface area (Å²) >= 11 is 0. The Morgan fingerprint density at radius 3 is 1.85 bits per heavy atom. The maximum absolute atomic E-state index is 15.4. The van der Waals surface area contributed by atoms with Gasteiger partial charge in [-0.25, -0.2) is 22.0 Å². The van der Waals surface area contributed by atoms with Gasteiger partial charge in [-0.3, -0.25) is 0 Å². The average molecular weight is 506 g/mol. The summed E-state index contributed by atoms with van der Waals surface area (Å²) in [6, 6.07) is 2.14. The van der Waals surface area contributed by atoms with Crippen molar-refractivity contribution in [2.45, 2.75) is 103 Å². The molecule has 2 aromatic rings. The van der Waals surface area contributed by atoms with Crippen LogP contribution in [0.1, 0.15) is 86.5 Å². The first-order valence-corrected chi connectivity index (χ1v) is 14.2. The normalized spacial score (nSPS) is 14.1. The molecule has 0 saturated heterocycles. The summed E-state index contributed by atoms with van der Waals surface area (Å²) in [7, 11) is -3.05. The van der Waals surface area contributed by atoms with E-state index in [2.05, 4.69) is 6.92 Å². The minimum atomic E-state index is -3.05. The van der Waals surface area contributed by atoms with Crippen LogP contribution in [-0.2, 0) is 0 Å². The fourth-order valence-electron chi connectivity index (χ4n) is 4.80. The van der Waals surface area contributed by atoms with Gasteiger partial charge in [-0.2, -0.15) is 4.39 Å². The van der Waals surface area contributed by atoms with E-state index in [4.69, 9.17) is 4.43 Å². The van der Waals surface area contributed by atoms with Crippen molar-refractivity contribution in [3.8, 4) is 5.75 Å². The number of halogens is 6. The highest BCUT2D eigenvalue weighted by atomic mass is 28.4. The summed E-state index contributed by atoms with van der Waals surface area (Å²) < 4.78 is 93.0. The lowest BCUT2D eigenvalue weighted by Gasteiger charge is -2.45. The summed E-state index contributed by atoms with van der Waals surface area (Å²) in [5.41, 5.74) is -0.119. The molecule has 0 spiro atoms. The van der Waals surface area contributed by atoms with Gasteiger partial charge in [0.2, 0.25) is 5.82 Å². The Labute approximate surface area is 200 Å². The second-order valence-electron chi connectivity index (χ2n) is 10.4. The lowest BCUT2D eigenvalue weighted by molar-refractivity contribution is 0.385. The van der Waals surface area contributed by atoms with Crippen LogP contribution < -0.4 is 4.43 Å². The van der Waals surface area contributed by atoms with Gasteiger partial charge < -0.3 is 4.43 Å². The topological polar surface area (TPSA) is 9.23 Å². The van der Waals surface area contributed by atoms with Crippen molar-refractivity contribution < 1.29 is 30.8 Å². The minimum Gasteiger partial charge on any atom is -0.539 e. The maximum atomic E-state index is 15.4. The molecular formula is C26H35F6OSi. The Hall–Kier alpha value is -1.70. The van der Waals surface area contributed by atoms with Crippen molar-refractivity contribution in [1.29, 1.82) is 0 Å². The molecule has 0 aliphatic rings. The third-order valence-corrected chi connectivity index (χ3v) is 12.8. The molecule has 1 unspecified atom stereocenters. The van der Waals surface area contributed by atoms with Gasteiger partial charge in [-0.15, -0.1) is 0 Å². The molecular weight excluding hydrogens is 470 g/mol. The quantitative estimate of drug-likeness (QED) is 0.0971. The van der Waals surface area contributed by atoms with Crippen molar-refractivity contribution in [2.24, 2.45) is 0 Å². The van der Waals surface area contributed by atoms with Gasteiger partial charge in [0.25, 0.3) is 8.32 Å². The molecule has 0 bridgehead atoms. The Kier molecular flexibility index (Phi) is 9.53. The standard InChI is InChI=1S/C26H35F6OSi/c1-7-8-9-10-11-12-13-14-34(16(2)3,26(4,5)6)33-25-23(31)19-17(20(28)24(25)32)15-18(27)21(29)22(19)30/h16H,7-14H2,1-6H3. The van der Waals surface area contributed by atoms with E-state index in [1.165, 1.54) is 6.42 Å². The van der Waals surface area contributed by atoms with Gasteiger partial charge in [-0.1, -0.05) is 86.5 Å². The van der Waals surface area contributed by atoms with Crippen LogP contribution in [0.4, 0.5) is 26.3 Å². The molecule has 34 heavy (non-hydrogen) atoms. The highest BCUT2D eigenvalue weighted by molar-refractivity contribution is 6.78.